The number of thiazole rings is 1. The number of aromatic nitrogens is 1. The fraction of sp³-hybridized carbons (Fsp3) is 0.167. The number of ether oxygens (including phenoxy) is 3. The number of hydrogen-bond donors (Lipinski definition) is 0. The van der Waals surface area contributed by atoms with Crippen molar-refractivity contribution >= 4 is 84.9 Å². The first-order chi connectivity index (χ1) is 23.3. The highest BCUT2D eigenvalue weighted by Gasteiger charge is 2.35. The minimum atomic E-state index is -0.714. The van der Waals surface area contributed by atoms with Gasteiger partial charge >= 0.3 is 11.9 Å². The van der Waals surface area contributed by atoms with E-state index in [9.17, 15) is 14.4 Å². The molecule has 6 rings (SSSR count). The maximum absolute atomic E-state index is 14.3. The first-order valence-corrected chi connectivity index (χ1v) is 18.6. The van der Waals surface area contributed by atoms with Crippen molar-refractivity contribution in [2.75, 3.05) is 13.2 Å². The molecule has 1 aliphatic rings. The first-order valence-electron chi connectivity index (χ1n) is 15.0. The molecule has 12 heteroatoms. The van der Waals surface area contributed by atoms with Crippen LogP contribution in [0.15, 0.2) is 104 Å². The molecule has 48 heavy (non-hydrogen) atoms. The van der Waals surface area contributed by atoms with Crippen LogP contribution in [0.2, 0.25) is 0 Å². The minimum absolute atomic E-state index is 0.186. The fourth-order valence-corrected chi connectivity index (χ4v) is 8.77. The zero-order valence-corrected chi connectivity index (χ0v) is 31.2. The summed E-state index contributed by atoms with van der Waals surface area (Å²) in [4.78, 5) is 46.2. The van der Waals surface area contributed by atoms with Crippen molar-refractivity contribution in [3.8, 4) is 5.75 Å². The lowest BCUT2D eigenvalue weighted by molar-refractivity contribution is -0.138. The molecule has 3 aromatic carbocycles. The monoisotopic (exact) mass is 854 g/mol. The molecule has 0 radical (unpaired) electrons. The molecule has 0 unspecified atom stereocenters. The summed E-state index contributed by atoms with van der Waals surface area (Å²) >= 11 is 8.53. The summed E-state index contributed by atoms with van der Waals surface area (Å²) in [5.41, 5.74) is 3.31. The van der Waals surface area contributed by atoms with E-state index in [0.717, 1.165) is 24.0 Å². The van der Waals surface area contributed by atoms with E-state index in [1.165, 1.54) is 22.7 Å². The van der Waals surface area contributed by atoms with Gasteiger partial charge in [-0.05, 0) is 83.8 Å². The van der Waals surface area contributed by atoms with Gasteiger partial charge in [-0.25, -0.2) is 14.6 Å². The third-order valence-electron chi connectivity index (χ3n) is 7.36. The van der Waals surface area contributed by atoms with Crippen LogP contribution in [-0.4, -0.2) is 29.7 Å². The second-order valence-electron chi connectivity index (χ2n) is 10.5. The highest BCUT2D eigenvalue weighted by atomic mass is 127. The number of esters is 2. The second-order valence-corrected chi connectivity index (χ2v) is 14.5. The number of halogens is 2. The molecule has 1 atom stereocenters. The van der Waals surface area contributed by atoms with E-state index in [-0.39, 0.29) is 24.7 Å². The molecule has 1 aliphatic heterocycles. The third kappa shape index (κ3) is 7.12. The molecule has 3 heterocycles. The van der Waals surface area contributed by atoms with E-state index in [1.54, 1.807) is 36.6 Å². The lowest BCUT2D eigenvalue weighted by Crippen LogP contribution is -2.39. The van der Waals surface area contributed by atoms with E-state index in [0.29, 0.717) is 44.1 Å². The highest BCUT2D eigenvalue weighted by molar-refractivity contribution is 14.1. The van der Waals surface area contributed by atoms with Gasteiger partial charge < -0.3 is 14.2 Å². The summed E-state index contributed by atoms with van der Waals surface area (Å²) in [7, 11) is 0. The Kier molecular flexibility index (Phi) is 10.7. The maximum Gasteiger partial charge on any atom is 0.338 e. The van der Waals surface area contributed by atoms with E-state index in [1.807, 2.05) is 72.1 Å². The van der Waals surface area contributed by atoms with Crippen LogP contribution in [0.4, 0.5) is 0 Å². The number of carbonyl (C=O) groups excluding carboxylic acids is 2. The van der Waals surface area contributed by atoms with Crippen LogP contribution in [0.5, 0.6) is 5.75 Å². The van der Waals surface area contributed by atoms with Crippen LogP contribution >= 0.6 is 61.2 Å². The molecule has 0 aliphatic carbocycles. The Bertz CT molecular complexity index is 2190. The van der Waals surface area contributed by atoms with E-state index in [2.05, 4.69) is 38.5 Å². The molecule has 8 nitrogen and oxygen atoms in total. The molecule has 244 valence electrons. The van der Waals surface area contributed by atoms with Gasteiger partial charge in [-0.1, -0.05) is 75.8 Å². The molecule has 0 spiro atoms. The van der Waals surface area contributed by atoms with E-state index < -0.39 is 12.0 Å². The molecule has 0 fully saturated rings. The number of benzene rings is 3. The Labute approximate surface area is 306 Å². The Balaban J connectivity index is 1.45. The molecular formula is C36H28BrIN2O6S2. The molecule has 5 aromatic rings. The summed E-state index contributed by atoms with van der Waals surface area (Å²) in [6.45, 7) is 4.26. The Morgan fingerprint density at radius 3 is 2.40 bits per heavy atom. The smallest absolute Gasteiger partial charge is 0.338 e. The predicted molar refractivity (Wildman–Crippen MR) is 199 cm³/mol. The first kappa shape index (κ1) is 34.0. The molecule has 0 N–H and O–H groups in total. The van der Waals surface area contributed by atoms with Crippen LogP contribution in [0.3, 0.4) is 0 Å². The van der Waals surface area contributed by atoms with Gasteiger partial charge in [0.25, 0.3) is 5.56 Å². The van der Waals surface area contributed by atoms with Gasteiger partial charge in [-0.3, -0.25) is 9.36 Å². The van der Waals surface area contributed by atoms with Crippen molar-refractivity contribution in [1.29, 1.82) is 0 Å². The number of carbonyl (C=O) groups is 2. The minimum Gasteiger partial charge on any atom is -0.487 e. The zero-order chi connectivity index (χ0) is 33.8. The zero-order valence-electron chi connectivity index (χ0n) is 25.8. The molecule has 0 saturated carbocycles. The van der Waals surface area contributed by atoms with Gasteiger partial charge in [0, 0.05) is 20.5 Å². The van der Waals surface area contributed by atoms with Crippen molar-refractivity contribution in [2.24, 2.45) is 4.99 Å². The third-order valence-corrected chi connectivity index (χ3v) is 10.5. The fourth-order valence-electron chi connectivity index (χ4n) is 5.24. The number of nitrogens with zero attached hydrogens (tertiary/aromatic N) is 2. The predicted octanol–water partition coefficient (Wildman–Crippen LogP) is 7.12. The van der Waals surface area contributed by atoms with Crippen molar-refractivity contribution in [2.45, 2.75) is 26.5 Å². The quantitative estimate of drug-likeness (QED) is 0.110. The van der Waals surface area contributed by atoms with Crippen LogP contribution in [0.1, 0.15) is 51.8 Å². The van der Waals surface area contributed by atoms with Crippen molar-refractivity contribution in [1.82, 2.24) is 4.57 Å². The molecular weight excluding hydrogens is 827 g/mol. The van der Waals surface area contributed by atoms with Gasteiger partial charge in [-0.15, -0.1) is 11.3 Å². The molecule has 2 aromatic heterocycles. The Morgan fingerprint density at radius 2 is 1.71 bits per heavy atom. The largest absolute Gasteiger partial charge is 0.487 e. The van der Waals surface area contributed by atoms with Crippen molar-refractivity contribution < 1.29 is 23.8 Å². The van der Waals surface area contributed by atoms with E-state index in [4.69, 9.17) is 19.2 Å². The normalized spacial score (nSPS) is 14.3. The maximum atomic E-state index is 14.3. The lowest BCUT2D eigenvalue weighted by atomic mass is 9.97. The lowest BCUT2D eigenvalue weighted by Gasteiger charge is -2.24. The summed E-state index contributed by atoms with van der Waals surface area (Å²) < 4.78 is 20.6. The summed E-state index contributed by atoms with van der Waals surface area (Å²) in [5, 5.41) is 1.92. The van der Waals surface area contributed by atoms with Crippen LogP contribution < -0.4 is 19.6 Å². The Hall–Kier alpha value is -3.85. The van der Waals surface area contributed by atoms with Gasteiger partial charge in [0.05, 0.1) is 38.1 Å². The number of fused-ring (bicyclic) bond motifs is 1. The van der Waals surface area contributed by atoms with Crippen LogP contribution in [0.25, 0.3) is 11.8 Å². The van der Waals surface area contributed by atoms with Crippen LogP contribution in [-0.2, 0) is 20.9 Å². The van der Waals surface area contributed by atoms with E-state index >= 15 is 0 Å². The van der Waals surface area contributed by atoms with Crippen LogP contribution in [0, 0.1) is 3.57 Å². The van der Waals surface area contributed by atoms with Crippen molar-refractivity contribution in [3.63, 3.8) is 0 Å². The van der Waals surface area contributed by atoms with Gasteiger partial charge in [0.1, 0.15) is 18.4 Å². The van der Waals surface area contributed by atoms with Gasteiger partial charge in [0.15, 0.2) is 4.80 Å². The highest BCUT2D eigenvalue weighted by Crippen LogP contribution is 2.37. The van der Waals surface area contributed by atoms with Gasteiger partial charge in [-0.2, -0.15) is 0 Å². The topological polar surface area (TPSA) is 96.2 Å². The number of hydrogen-bond acceptors (Lipinski definition) is 9. The second kappa shape index (κ2) is 15.1. The number of rotatable bonds is 10. The molecule has 0 amide bonds. The standard InChI is InChI=1S/C36H28BrIN2O6S2/c1-3-44-34(42)23-14-12-21(13-15-23)20-46-32-24(17-25(37)19-26(32)38)18-28-33(41)40-31(27-11-8-16-47-27)29(35(43)45-4-2)30(39-36(40)48-28)22-9-6-5-7-10-22/h5-19,31H,3-4,20H2,1-2H3/b28-18-/t31-/m0/s1. The molecule has 0 saturated heterocycles. The Morgan fingerprint density at radius 1 is 0.979 bits per heavy atom. The van der Waals surface area contributed by atoms with Gasteiger partial charge in [0.2, 0.25) is 0 Å². The number of thiophene rings is 1. The average Bonchev–Trinajstić information content (AvgIpc) is 3.72. The summed E-state index contributed by atoms with van der Waals surface area (Å²) in [5.74, 6) is -0.283. The summed E-state index contributed by atoms with van der Waals surface area (Å²) in [6.07, 6.45) is 1.80. The SMILES string of the molecule is CCOC(=O)C1=C(c2ccccc2)N=c2s/c(=C\c3cc(Br)cc(I)c3OCc3ccc(C(=O)OCC)cc3)c(=O)n2[C@H]1c1cccs1. The van der Waals surface area contributed by atoms with Crippen molar-refractivity contribution in [3.05, 3.63) is 145 Å². The average molecular weight is 856 g/mol. The molecule has 0 bridgehead atoms. The summed E-state index contributed by atoms with van der Waals surface area (Å²) in [6, 6.07) is 23.5.